The van der Waals surface area contributed by atoms with Gasteiger partial charge in [0.05, 0.1) is 17.1 Å². The number of aromatic nitrogens is 3. The Balaban J connectivity index is 2.32. The van der Waals surface area contributed by atoms with Crippen LogP contribution in [0.5, 0.6) is 0 Å². The molecule has 0 unspecified atom stereocenters. The van der Waals surface area contributed by atoms with Gasteiger partial charge in [-0.25, -0.2) is 18.2 Å². The van der Waals surface area contributed by atoms with Gasteiger partial charge in [-0.05, 0) is 30.3 Å². The molecule has 10 heteroatoms. The maximum Gasteiger partial charge on any atom is 0.435 e. The van der Waals surface area contributed by atoms with Crippen LogP contribution < -0.4 is 5.14 Å². The van der Waals surface area contributed by atoms with Crippen molar-refractivity contribution in [3.8, 4) is 17.1 Å². The second-order valence-corrected chi connectivity index (χ2v) is 6.58. The van der Waals surface area contributed by atoms with Gasteiger partial charge in [-0.2, -0.15) is 18.3 Å². The van der Waals surface area contributed by atoms with Crippen LogP contribution in [0.2, 0.25) is 0 Å². The van der Waals surface area contributed by atoms with Crippen LogP contribution >= 0.6 is 0 Å². The Morgan fingerprint density at radius 2 is 1.72 bits per heavy atom. The number of sulfonamides is 1. The molecule has 0 saturated carbocycles. The maximum atomic E-state index is 13.1. The lowest BCUT2D eigenvalue weighted by molar-refractivity contribution is -0.141. The molecule has 25 heavy (non-hydrogen) atoms. The summed E-state index contributed by atoms with van der Waals surface area (Å²) in [5.41, 5.74) is -1.07. The summed E-state index contributed by atoms with van der Waals surface area (Å²) in [6, 6.07) is 10.9. The predicted octanol–water partition coefficient (Wildman–Crippen LogP) is 2.60. The molecule has 0 aliphatic carbocycles. The highest BCUT2D eigenvalue weighted by Crippen LogP contribution is 2.33. The van der Waals surface area contributed by atoms with Gasteiger partial charge in [-0.3, -0.25) is 4.98 Å². The number of benzene rings is 1. The Labute approximate surface area is 140 Å². The highest BCUT2D eigenvalue weighted by atomic mass is 32.2. The number of alkyl halides is 3. The zero-order chi connectivity index (χ0) is 18.2. The van der Waals surface area contributed by atoms with Crippen LogP contribution in [0.15, 0.2) is 59.6 Å². The molecule has 1 aromatic carbocycles. The fourth-order valence-corrected chi connectivity index (χ4v) is 2.99. The lowest BCUT2D eigenvalue weighted by atomic mass is 10.2. The van der Waals surface area contributed by atoms with Crippen molar-refractivity contribution >= 4 is 10.0 Å². The van der Waals surface area contributed by atoms with E-state index < -0.39 is 21.9 Å². The molecule has 3 rings (SSSR count). The molecule has 0 saturated heterocycles. The summed E-state index contributed by atoms with van der Waals surface area (Å²) in [4.78, 5) is 3.67. The zero-order valence-electron chi connectivity index (χ0n) is 12.5. The van der Waals surface area contributed by atoms with E-state index in [1.807, 2.05) is 0 Å². The van der Waals surface area contributed by atoms with Gasteiger partial charge in [-0.1, -0.05) is 18.2 Å². The molecular weight excluding hydrogens is 357 g/mol. The van der Waals surface area contributed by atoms with Crippen molar-refractivity contribution in [1.82, 2.24) is 14.8 Å². The number of pyridine rings is 1. The van der Waals surface area contributed by atoms with Crippen LogP contribution in [0.25, 0.3) is 17.1 Å². The Morgan fingerprint density at radius 3 is 2.32 bits per heavy atom. The number of halogens is 3. The smallest absolute Gasteiger partial charge is 0.255 e. The van der Waals surface area contributed by atoms with Gasteiger partial charge in [0.2, 0.25) is 10.0 Å². The Bertz CT molecular complexity index is 1010. The molecule has 0 fully saturated rings. The maximum absolute atomic E-state index is 13.1. The van der Waals surface area contributed by atoms with Crippen LogP contribution in [-0.4, -0.2) is 23.2 Å². The first kappa shape index (κ1) is 17.1. The lowest BCUT2D eigenvalue weighted by Gasteiger charge is -2.11. The monoisotopic (exact) mass is 368 g/mol. The SMILES string of the molecule is NS(=O)(=O)c1ccccc1-n1nc(C(F)(F)F)cc1-c1ccccn1. The van der Waals surface area contributed by atoms with Crippen LogP contribution in [0.1, 0.15) is 5.69 Å². The first-order chi connectivity index (χ1) is 11.7. The van der Waals surface area contributed by atoms with Crippen LogP contribution in [0, 0.1) is 0 Å². The first-order valence-electron chi connectivity index (χ1n) is 6.89. The normalized spacial score (nSPS) is 12.3. The molecule has 2 heterocycles. The molecule has 0 amide bonds. The van der Waals surface area contributed by atoms with Crippen molar-refractivity contribution in [1.29, 1.82) is 0 Å². The summed E-state index contributed by atoms with van der Waals surface area (Å²) >= 11 is 0. The molecule has 0 spiro atoms. The molecule has 130 valence electrons. The third kappa shape index (κ3) is 3.39. The summed E-state index contributed by atoms with van der Waals surface area (Å²) in [5, 5.41) is 8.70. The largest absolute Gasteiger partial charge is 0.435 e. The highest BCUT2D eigenvalue weighted by molar-refractivity contribution is 7.89. The van der Waals surface area contributed by atoms with Crippen molar-refractivity contribution in [2.75, 3.05) is 0 Å². The minimum atomic E-state index is -4.70. The van der Waals surface area contributed by atoms with Gasteiger partial charge in [0.25, 0.3) is 0 Å². The number of nitrogens with zero attached hydrogens (tertiary/aromatic N) is 3. The van der Waals surface area contributed by atoms with E-state index in [0.29, 0.717) is 0 Å². The quantitative estimate of drug-likeness (QED) is 0.769. The van der Waals surface area contributed by atoms with Crippen molar-refractivity contribution < 1.29 is 21.6 Å². The van der Waals surface area contributed by atoms with Gasteiger partial charge in [0, 0.05) is 6.20 Å². The number of para-hydroxylation sites is 1. The first-order valence-corrected chi connectivity index (χ1v) is 8.43. The summed E-state index contributed by atoms with van der Waals surface area (Å²) < 4.78 is 63.8. The van der Waals surface area contributed by atoms with Gasteiger partial charge in [-0.15, -0.1) is 0 Å². The van der Waals surface area contributed by atoms with E-state index in [4.69, 9.17) is 5.14 Å². The van der Waals surface area contributed by atoms with Crippen LogP contribution in [-0.2, 0) is 16.2 Å². The highest BCUT2D eigenvalue weighted by Gasteiger charge is 2.36. The van der Waals surface area contributed by atoms with Gasteiger partial charge < -0.3 is 0 Å². The third-order valence-electron chi connectivity index (χ3n) is 3.33. The van der Waals surface area contributed by atoms with Crippen molar-refractivity contribution in [3.63, 3.8) is 0 Å². The van der Waals surface area contributed by atoms with Crippen molar-refractivity contribution in [3.05, 3.63) is 60.4 Å². The van der Waals surface area contributed by atoms with E-state index in [2.05, 4.69) is 10.1 Å². The van der Waals surface area contributed by atoms with Gasteiger partial charge in [0.1, 0.15) is 4.90 Å². The summed E-state index contributed by atoms with van der Waals surface area (Å²) in [6.45, 7) is 0. The molecule has 0 aliphatic heterocycles. The molecule has 0 radical (unpaired) electrons. The predicted molar refractivity (Wildman–Crippen MR) is 83.2 cm³/mol. The summed E-state index contributed by atoms with van der Waals surface area (Å²) in [5.74, 6) is 0. The van der Waals surface area contributed by atoms with Gasteiger partial charge >= 0.3 is 6.18 Å². The average molecular weight is 368 g/mol. The summed E-state index contributed by atoms with van der Waals surface area (Å²) in [6.07, 6.45) is -3.29. The van der Waals surface area contributed by atoms with E-state index in [1.165, 1.54) is 36.5 Å². The standard InChI is InChI=1S/C15H11F3N4O2S/c16-15(17,18)14-9-12(10-5-3-4-8-20-10)22(21-14)11-6-1-2-7-13(11)25(19,23)24/h1-9H,(H2,19,23,24). The molecule has 0 bridgehead atoms. The molecule has 0 atom stereocenters. The van der Waals surface area contributed by atoms with E-state index in [1.54, 1.807) is 12.1 Å². The van der Waals surface area contributed by atoms with Crippen molar-refractivity contribution in [2.24, 2.45) is 5.14 Å². The number of hydrogen-bond acceptors (Lipinski definition) is 4. The molecular formula is C15H11F3N4O2S. The zero-order valence-corrected chi connectivity index (χ0v) is 13.3. The second kappa shape index (κ2) is 5.97. The minimum absolute atomic E-state index is 0.0102. The Kier molecular flexibility index (Phi) is 4.09. The summed E-state index contributed by atoms with van der Waals surface area (Å²) in [7, 11) is -4.17. The van der Waals surface area contributed by atoms with E-state index in [-0.39, 0.29) is 22.0 Å². The van der Waals surface area contributed by atoms with Gasteiger partial charge in [0.15, 0.2) is 5.69 Å². The molecule has 6 nitrogen and oxygen atoms in total. The number of hydrogen-bond donors (Lipinski definition) is 1. The van der Waals surface area contributed by atoms with Crippen LogP contribution in [0.3, 0.4) is 0 Å². The second-order valence-electron chi connectivity index (χ2n) is 5.05. The molecule has 2 N–H and O–H groups in total. The van der Waals surface area contributed by atoms with E-state index in [0.717, 1.165) is 10.7 Å². The Morgan fingerprint density at radius 1 is 1.04 bits per heavy atom. The fraction of sp³-hybridized carbons (Fsp3) is 0.0667. The van der Waals surface area contributed by atoms with E-state index in [9.17, 15) is 21.6 Å². The lowest BCUT2D eigenvalue weighted by Crippen LogP contribution is -2.16. The topological polar surface area (TPSA) is 90.9 Å². The van der Waals surface area contributed by atoms with E-state index >= 15 is 0 Å². The number of rotatable bonds is 3. The minimum Gasteiger partial charge on any atom is -0.255 e. The molecule has 2 aromatic heterocycles. The fourth-order valence-electron chi connectivity index (χ4n) is 2.27. The molecule has 3 aromatic rings. The third-order valence-corrected chi connectivity index (χ3v) is 4.29. The van der Waals surface area contributed by atoms with Crippen LogP contribution in [0.4, 0.5) is 13.2 Å². The average Bonchev–Trinajstić information content (AvgIpc) is 3.00. The molecule has 0 aliphatic rings. The number of nitrogens with two attached hydrogens (primary N) is 1. The Hall–Kier alpha value is -2.72. The number of primary sulfonamides is 1. The van der Waals surface area contributed by atoms with Crippen molar-refractivity contribution in [2.45, 2.75) is 11.1 Å².